The molecular formula is C10H21N. The summed E-state index contributed by atoms with van der Waals surface area (Å²) < 4.78 is 0. The largest absolute Gasteiger partial charge is 0.311 e. The van der Waals surface area contributed by atoms with Gasteiger partial charge < -0.3 is 5.32 Å². The Balaban J connectivity index is 2.33. The Morgan fingerprint density at radius 2 is 2.18 bits per heavy atom. The van der Waals surface area contributed by atoms with Crippen LogP contribution < -0.4 is 5.32 Å². The van der Waals surface area contributed by atoms with Gasteiger partial charge in [-0.1, -0.05) is 26.7 Å². The van der Waals surface area contributed by atoms with E-state index in [9.17, 15) is 0 Å². The molecule has 0 aliphatic carbocycles. The molecular weight excluding hydrogens is 134 g/mol. The van der Waals surface area contributed by atoms with Crippen molar-refractivity contribution in [2.24, 2.45) is 0 Å². The smallest absolute Gasteiger partial charge is 0.0179 e. The van der Waals surface area contributed by atoms with E-state index < -0.39 is 0 Å². The number of rotatable bonds is 4. The zero-order valence-corrected chi connectivity index (χ0v) is 7.95. The highest BCUT2D eigenvalue weighted by molar-refractivity contribution is 4.91. The Labute approximate surface area is 70.6 Å². The molecule has 0 spiro atoms. The molecule has 11 heavy (non-hydrogen) atoms. The fourth-order valence-electron chi connectivity index (χ4n) is 2.08. The summed E-state index contributed by atoms with van der Waals surface area (Å²) in [5.74, 6) is 0. The van der Waals surface area contributed by atoms with Gasteiger partial charge in [0.2, 0.25) is 0 Å². The van der Waals surface area contributed by atoms with Crippen molar-refractivity contribution in [2.45, 2.75) is 57.9 Å². The van der Waals surface area contributed by atoms with Gasteiger partial charge >= 0.3 is 0 Å². The lowest BCUT2D eigenvalue weighted by atomic mass is 9.88. The Kier molecular flexibility index (Phi) is 3.38. The van der Waals surface area contributed by atoms with Crippen molar-refractivity contribution in [3.63, 3.8) is 0 Å². The van der Waals surface area contributed by atoms with Crippen LogP contribution in [0.2, 0.25) is 0 Å². The lowest BCUT2D eigenvalue weighted by Gasteiger charge is -2.27. The van der Waals surface area contributed by atoms with Crippen molar-refractivity contribution in [1.29, 1.82) is 0 Å². The SMILES string of the molecule is CCCCC1(CC)CCCN1. The summed E-state index contributed by atoms with van der Waals surface area (Å²) in [6.45, 7) is 5.84. The van der Waals surface area contributed by atoms with Crippen LogP contribution in [0, 0.1) is 0 Å². The molecule has 1 heterocycles. The number of hydrogen-bond donors (Lipinski definition) is 1. The van der Waals surface area contributed by atoms with Crippen LogP contribution in [0.3, 0.4) is 0 Å². The first-order valence-electron chi connectivity index (χ1n) is 5.08. The van der Waals surface area contributed by atoms with E-state index in [0.717, 1.165) is 0 Å². The second-order valence-corrected chi connectivity index (χ2v) is 3.77. The van der Waals surface area contributed by atoms with E-state index in [2.05, 4.69) is 19.2 Å². The average Bonchev–Trinajstić information content (AvgIpc) is 2.50. The third kappa shape index (κ3) is 2.19. The number of hydrogen-bond acceptors (Lipinski definition) is 1. The molecule has 0 bridgehead atoms. The van der Waals surface area contributed by atoms with E-state index in [1.807, 2.05) is 0 Å². The quantitative estimate of drug-likeness (QED) is 0.658. The second-order valence-electron chi connectivity index (χ2n) is 3.77. The van der Waals surface area contributed by atoms with Crippen LogP contribution in [0.5, 0.6) is 0 Å². The molecule has 0 aromatic carbocycles. The molecule has 0 saturated carbocycles. The standard InChI is InChI=1S/C10H21N/c1-3-5-7-10(4-2)8-6-9-11-10/h11H,3-9H2,1-2H3. The van der Waals surface area contributed by atoms with Gasteiger partial charge in [0.05, 0.1) is 0 Å². The van der Waals surface area contributed by atoms with Gasteiger partial charge in [-0.15, -0.1) is 0 Å². The maximum absolute atomic E-state index is 3.65. The highest BCUT2D eigenvalue weighted by Crippen LogP contribution is 2.28. The minimum absolute atomic E-state index is 0.538. The highest BCUT2D eigenvalue weighted by Gasteiger charge is 2.29. The van der Waals surface area contributed by atoms with Crippen molar-refractivity contribution < 1.29 is 0 Å². The molecule has 1 saturated heterocycles. The van der Waals surface area contributed by atoms with Gasteiger partial charge in [0, 0.05) is 5.54 Å². The van der Waals surface area contributed by atoms with Crippen molar-refractivity contribution >= 4 is 0 Å². The molecule has 1 aliphatic heterocycles. The molecule has 1 fully saturated rings. The van der Waals surface area contributed by atoms with Crippen LogP contribution in [0.1, 0.15) is 52.4 Å². The highest BCUT2D eigenvalue weighted by atomic mass is 15.0. The molecule has 66 valence electrons. The molecule has 0 aromatic rings. The molecule has 1 aliphatic rings. The summed E-state index contributed by atoms with van der Waals surface area (Å²) in [5.41, 5.74) is 0.538. The molecule has 1 rings (SSSR count). The van der Waals surface area contributed by atoms with Gasteiger partial charge in [0.15, 0.2) is 0 Å². The first-order valence-corrected chi connectivity index (χ1v) is 5.08. The second kappa shape index (κ2) is 4.10. The van der Waals surface area contributed by atoms with Gasteiger partial charge in [-0.25, -0.2) is 0 Å². The monoisotopic (exact) mass is 155 g/mol. The van der Waals surface area contributed by atoms with Crippen molar-refractivity contribution in [1.82, 2.24) is 5.32 Å². The summed E-state index contributed by atoms with van der Waals surface area (Å²) in [7, 11) is 0. The summed E-state index contributed by atoms with van der Waals surface area (Å²) in [6.07, 6.45) is 8.22. The molecule has 1 heteroatoms. The van der Waals surface area contributed by atoms with Crippen LogP contribution in [0.15, 0.2) is 0 Å². The normalized spacial score (nSPS) is 31.1. The third-order valence-corrected chi connectivity index (χ3v) is 3.02. The van der Waals surface area contributed by atoms with Crippen LogP contribution in [0.4, 0.5) is 0 Å². The first-order chi connectivity index (χ1) is 5.33. The van der Waals surface area contributed by atoms with E-state index in [4.69, 9.17) is 0 Å². The van der Waals surface area contributed by atoms with Gasteiger partial charge in [0.1, 0.15) is 0 Å². The van der Waals surface area contributed by atoms with Crippen LogP contribution in [-0.2, 0) is 0 Å². The third-order valence-electron chi connectivity index (χ3n) is 3.02. The van der Waals surface area contributed by atoms with E-state index in [-0.39, 0.29) is 0 Å². The Morgan fingerprint density at radius 1 is 1.36 bits per heavy atom. The summed E-state index contributed by atoms with van der Waals surface area (Å²) in [5, 5.41) is 3.65. The predicted octanol–water partition coefficient (Wildman–Crippen LogP) is 2.71. The Hall–Kier alpha value is -0.0400. The Bertz CT molecular complexity index is 103. The summed E-state index contributed by atoms with van der Waals surface area (Å²) >= 11 is 0. The zero-order chi connectivity index (χ0) is 8.16. The van der Waals surface area contributed by atoms with Crippen LogP contribution in [0.25, 0.3) is 0 Å². The van der Waals surface area contributed by atoms with E-state index >= 15 is 0 Å². The van der Waals surface area contributed by atoms with E-state index in [0.29, 0.717) is 5.54 Å². The number of unbranched alkanes of at least 4 members (excludes halogenated alkanes) is 1. The fourth-order valence-corrected chi connectivity index (χ4v) is 2.08. The molecule has 0 amide bonds. The number of nitrogens with one attached hydrogen (secondary N) is 1. The topological polar surface area (TPSA) is 12.0 Å². The van der Waals surface area contributed by atoms with Gasteiger partial charge in [-0.3, -0.25) is 0 Å². The zero-order valence-electron chi connectivity index (χ0n) is 7.95. The molecule has 1 N–H and O–H groups in total. The van der Waals surface area contributed by atoms with Gasteiger partial charge in [0.25, 0.3) is 0 Å². The minimum atomic E-state index is 0.538. The van der Waals surface area contributed by atoms with Crippen molar-refractivity contribution in [3.05, 3.63) is 0 Å². The first kappa shape index (κ1) is 9.05. The van der Waals surface area contributed by atoms with Crippen molar-refractivity contribution in [2.75, 3.05) is 6.54 Å². The predicted molar refractivity (Wildman–Crippen MR) is 49.8 cm³/mol. The maximum Gasteiger partial charge on any atom is 0.0179 e. The van der Waals surface area contributed by atoms with Gasteiger partial charge in [-0.05, 0) is 32.2 Å². The van der Waals surface area contributed by atoms with Crippen molar-refractivity contribution in [3.8, 4) is 0 Å². The van der Waals surface area contributed by atoms with Crippen LogP contribution >= 0.6 is 0 Å². The van der Waals surface area contributed by atoms with Gasteiger partial charge in [-0.2, -0.15) is 0 Å². The molecule has 0 aromatic heterocycles. The lowest BCUT2D eigenvalue weighted by Crippen LogP contribution is -2.38. The molecule has 1 nitrogen and oxygen atoms in total. The molecule has 1 atom stereocenters. The molecule has 0 radical (unpaired) electrons. The average molecular weight is 155 g/mol. The van der Waals surface area contributed by atoms with E-state index in [1.165, 1.54) is 45.1 Å². The summed E-state index contributed by atoms with van der Waals surface area (Å²) in [4.78, 5) is 0. The Morgan fingerprint density at radius 3 is 2.64 bits per heavy atom. The minimum Gasteiger partial charge on any atom is -0.311 e. The molecule has 1 unspecified atom stereocenters. The van der Waals surface area contributed by atoms with Crippen LogP contribution in [-0.4, -0.2) is 12.1 Å². The fraction of sp³-hybridized carbons (Fsp3) is 1.00. The summed E-state index contributed by atoms with van der Waals surface area (Å²) in [6, 6.07) is 0. The van der Waals surface area contributed by atoms with E-state index in [1.54, 1.807) is 0 Å². The lowest BCUT2D eigenvalue weighted by molar-refractivity contribution is 0.326. The maximum atomic E-state index is 3.65.